The summed E-state index contributed by atoms with van der Waals surface area (Å²) in [4.78, 5) is 22.6. The first kappa shape index (κ1) is 13.5. The quantitative estimate of drug-likeness (QED) is 0.622. The fraction of sp³-hybridized carbons (Fsp3) is 0.308. The lowest BCUT2D eigenvalue weighted by molar-refractivity contribution is -0.107. The molecule has 100 valence electrons. The van der Waals surface area contributed by atoms with Gasteiger partial charge in [-0.1, -0.05) is 11.2 Å². The Morgan fingerprint density at radius 2 is 2.32 bits per heavy atom. The van der Waals surface area contributed by atoms with Gasteiger partial charge in [-0.2, -0.15) is 0 Å². The molecular weight excluding hydrogens is 264 g/mol. The highest BCUT2D eigenvalue weighted by molar-refractivity contribution is 7.13. The van der Waals surface area contributed by atoms with Crippen LogP contribution in [0.25, 0.3) is 10.6 Å². The number of nitrogens with zero attached hydrogens (tertiary/aromatic N) is 1. The van der Waals surface area contributed by atoms with E-state index in [-0.39, 0.29) is 5.69 Å². The third kappa shape index (κ3) is 3.08. The molecule has 1 amide bonds. The molecule has 0 bridgehead atoms. The van der Waals surface area contributed by atoms with E-state index in [1.54, 1.807) is 0 Å². The minimum Gasteiger partial charge on any atom is -0.364 e. The standard InChI is InChI=1S/C13H14N2O3S/c14-13(17)11-9(5-2-1-3-7-16)12(18-15-11)10-6-4-8-19-10/h4,6-8H,1-3,5H2,(H2,14,17). The monoisotopic (exact) mass is 278 g/mol. The van der Waals surface area contributed by atoms with Gasteiger partial charge in [-0.05, 0) is 30.7 Å². The molecule has 2 aromatic heterocycles. The highest BCUT2D eigenvalue weighted by atomic mass is 32.1. The average Bonchev–Trinajstić information content (AvgIpc) is 3.02. The Kier molecular flexibility index (Phi) is 4.46. The van der Waals surface area contributed by atoms with Crippen LogP contribution in [0.15, 0.2) is 22.0 Å². The Balaban J connectivity index is 2.24. The summed E-state index contributed by atoms with van der Waals surface area (Å²) in [5.41, 5.74) is 6.22. The second kappa shape index (κ2) is 6.29. The highest BCUT2D eigenvalue weighted by Gasteiger charge is 2.21. The molecular formula is C13H14N2O3S. The normalized spacial score (nSPS) is 10.5. The number of aromatic nitrogens is 1. The van der Waals surface area contributed by atoms with Crippen molar-refractivity contribution >= 4 is 23.5 Å². The molecule has 0 unspecified atom stereocenters. The van der Waals surface area contributed by atoms with Gasteiger partial charge in [-0.15, -0.1) is 11.3 Å². The zero-order valence-corrected chi connectivity index (χ0v) is 11.1. The molecule has 2 N–H and O–H groups in total. The van der Waals surface area contributed by atoms with Gasteiger partial charge in [0.1, 0.15) is 6.29 Å². The molecule has 2 rings (SSSR count). The zero-order chi connectivity index (χ0) is 13.7. The maximum atomic E-state index is 11.3. The number of carbonyl (C=O) groups excluding carboxylic acids is 2. The van der Waals surface area contributed by atoms with Gasteiger partial charge in [-0.25, -0.2) is 0 Å². The summed E-state index contributed by atoms with van der Waals surface area (Å²) < 4.78 is 5.25. The molecule has 5 nitrogen and oxygen atoms in total. The minimum atomic E-state index is -0.586. The Hall–Kier alpha value is -1.95. The largest absolute Gasteiger partial charge is 0.364 e. The lowest BCUT2D eigenvalue weighted by Crippen LogP contribution is -2.13. The second-order valence-corrected chi connectivity index (χ2v) is 5.04. The number of amides is 1. The molecule has 0 radical (unpaired) electrons. The minimum absolute atomic E-state index is 0.189. The first-order valence-corrected chi connectivity index (χ1v) is 6.88. The van der Waals surface area contributed by atoms with E-state index in [0.717, 1.165) is 29.6 Å². The lowest BCUT2D eigenvalue weighted by atomic mass is 10.0. The fourth-order valence-electron chi connectivity index (χ4n) is 1.87. The number of nitrogens with two attached hydrogens (primary N) is 1. The van der Waals surface area contributed by atoms with Crippen molar-refractivity contribution in [2.24, 2.45) is 5.73 Å². The van der Waals surface area contributed by atoms with Crippen molar-refractivity contribution in [2.75, 3.05) is 0 Å². The first-order valence-electron chi connectivity index (χ1n) is 6.00. The van der Waals surface area contributed by atoms with Crippen molar-refractivity contribution in [3.05, 3.63) is 28.8 Å². The molecule has 0 aliphatic carbocycles. The SMILES string of the molecule is NC(=O)c1noc(-c2cccs2)c1CCCCC=O. The van der Waals surface area contributed by atoms with Crippen LogP contribution < -0.4 is 5.73 Å². The van der Waals surface area contributed by atoms with Gasteiger partial charge in [0, 0.05) is 12.0 Å². The summed E-state index contributed by atoms with van der Waals surface area (Å²) in [6.45, 7) is 0. The molecule has 0 saturated carbocycles. The van der Waals surface area contributed by atoms with Crippen LogP contribution in [0.1, 0.15) is 35.3 Å². The van der Waals surface area contributed by atoms with Crippen LogP contribution in [-0.2, 0) is 11.2 Å². The number of carbonyl (C=O) groups is 2. The summed E-state index contributed by atoms with van der Waals surface area (Å²) in [6.07, 6.45) is 3.60. The first-order chi connectivity index (χ1) is 9.24. The van der Waals surface area contributed by atoms with Gasteiger partial charge in [0.25, 0.3) is 5.91 Å². The van der Waals surface area contributed by atoms with E-state index < -0.39 is 5.91 Å². The fourth-order valence-corrected chi connectivity index (χ4v) is 2.59. The smallest absolute Gasteiger partial charge is 0.271 e. The van der Waals surface area contributed by atoms with Crippen LogP contribution in [0.2, 0.25) is 0 Å². The van der Waals surface area contributed by atoms with Gasteiger partial charge in [0.2, 0.25) is 0 Å². The molecule has 0 aromatic carbocycles. The van der Waals surface area contributed by atoms with Crippen LogP contribution in [0.3, 0.4) is 0 Å². The molecule has 0 aliphatic rings. The Labute approximate surface area is 114 Å². The van der Waals surface area contributed by atoms with Crippen molar-refractivity contribution in [3.8, 4) is 10.6 Å². The third-order valence-electron chi connectivity index (χ3n) is 2.77. The van der Waals surface area contributed by atoms with Crippen molar-refractivity contribution in [1.82, 2.24) is 5.16 Å². The van der Waals surface area contributed by atoms with Crippen LogP contribution in [0.5, 0.6) is 0 Å². The van der Waals surface area contributed by atoms with E-state index in [0.29, 0.717) is 18.6 Å². The van der Waals surface area contributed by atoms with Gasteiger partial charge in [0.05, 0.1) is 4.88 Å². The summed E-state index contributed by atoms with van der Waals surface area (Å²) in [6, 6.07) is 3.81. The molecule has 0 fully saturated rings. The number of hydrogen-bond donors (Lipinski definition) is 1. The molecule has 0 spiro atoms. The van der Waals surface area contributed by atoms with E-state index >= 15 is 0 Å². The number of hydrogen-bond acceptors (Lipinski definition) is 5. The van der Waals surface area contributed by atoms with Crippen molar-refractivity contribution in [3.63, 3.8) is 0 Å². The van der Waals surface area contributed by atoms with Crippen molar-refractivity contribution < 1.29 is 14.1 Å². The van der Waals surface area contributed by atoms with Gasteiger partial charge < -0.3 is 15.1 Å². The van der Waals surface area contributed by atoms with Crippen LogP contribution >= 0.6 is 11.3 Å². The molecule has 6 heteroatoms. The van der Waals surface area contributed by atoms with Crippen LogP contribution in [0.4, 0.5) is 0 Å². The predicted molar refractivity (Wildman–Crippen MR) is 72.0 cm³/mol. The summed E-state index contributed by atoms with van der Waals surface area (Å²) in [7, 11) is 0. The highest BCUT2D eigenvalue weighted by Crippen LogP contribution is 2.31. The summed E-state index contributed by atoms with van der Waals surface area (Å²) in [5, 5.41) is 5.69. The molecule has 19 heavy (non-hydrogen) atoms. The van der Waals surface area contributed by atoms with E-state index in [1.807, 2.05) is 17.5 Å². The average molecular weight is 278 g/mol. The molecule has 0 aliphatic heterocycles. The summed E-state index contributed by atoms with van der Waals surface area (Å²) in [5.74, 6) is 0.0202. The van der Waals surface area contributed by atoms with Crippen molar-refractivity contribution in [2.45, 2.75) is 25.7 Å². The number of rotatable bonds is 7. The van der Waals surface area contributed by atoms with E-state index in [2.05, 4.69) is 5.16 Å². The molecule has 2 heterocycles. The van der Waals surface area contributed by atoms with Gasteiger partial charge in [0.15, 0.2) is 11.5 Å². The Morgan fingerprint density at radius 3 is 2.95 bits per heavy atom. The van der Waals surface area contributed by atoms with E-state index in [9.17, 15) is 9.59 Å². The lowest BCUT2D eigenvalue weighted by Gasteiger charge is -2.00. The maximum Gasteiger partial charge on any atom is 0.271 e. The summed E-state index contributed by atoms with van der Waals surface area (Å²) >= 11 is 1.52. The predicted octanol–water partition coefficient (Wildman–Crippen LogP) is 2.41. The van der Waals surface area contributed by atoms with Gasteiger partial charge in [-0.3, -0.25) is 4.79 Å². The van der Waals surface area contributed by atoms with Crippen LogP contribution in [-0.4, -0.2) is 17.4 Å². The second-order valence-electron chi connectivity index (χ2n) is 4.09. The Morgan fingerprint density at radius 1 is 1.47 bits per heavy atom. The zero-order valence-electron chi connectivity index (χ0n) is 10.3. The number of aldehydes is 1. The maximum absolute atomic E-state index is 11.3. The molecule has 0 saturated heterocycles. The van der Waals surface area contributed by atoms with Crippen LogP contribution in [0, 0.1) is 0 Å². The topological polar surface area (TPSA) is 86.2 Å². The molecule has 0 atom stereocenters. The Bertz CT molecular complexity index is 560. The van der Waals surface area contributed by atoms with Gasteiger partial charge >= 0.3 is 0 Å². The molecule has 2 aromatic rings. The number of thiophene rings is 1. The van der Waals surface area contributed by atoms with E-state index in [1.165, 1.54) is 11.3 Å². The third-order valence-corrected chi connectivity index (χ3v) is 3.63. The number of unbranched alkanes of at least 4 members (excludes halogenated alkanes) is 2. The van der Waals surface area contributed by atoms with E-state index in [4.69, 9.17) is 10.3 Å². The number of primary amides is 1. The van der Waals surface area contributed by atoms with Crippen molar-refractivity contribution in [1.29, 1.82) is 0 Å².